The Morgan fingerprint density at radius 2 is 1.53 bits per heavy atom. The average molecular weight is 600 g/mol. The maximum atomic E-state index is 13.8. The first kappa shape index (κ1) is 28.9. The molecule has 0 spiro atoms. The number of nitrogens with zero attached hydrogens (tertiary/aromatic N) is 2. The fourth-order valence-electron chi connectivity index (χ4n) is 4.95. The van der Waals surface area contributed by atoms with E-state index in [-0.39, 0.29) is 18.4 Å². The van der Waals surface area contributed by atoms with Crippen LogP contribution in [0.4, 0.5) is 11.4 Å². The van der Waals surface area contributed by atoms with Crippen molar-refractivity contribution in [3.8, 4) is 23.0 Å². The predicted molar refractivity (Wildman–Crippen MR) is 173 cm³/mol. The number of carbonyl (C=O) groups is 2. The number of anilines is 2. The van der Waals surface area contributed by atoms with Crippen molar-refractivity contribution in [3.63, 3.8) is 0 Å². The van der Waals surface area contributed by atoms with Crippen molar-refractivity contribution < 1.29 is 23.8 Å². The topological polar surface area (TPSA) is 138 Å². The molecule has 6 aromatic rings. The Labute approximate surface area is 258 Å². The summed E-state index contributed by atoms with van der Waals surface area (Å²) in [5.41, 5.74) is 8.86. The van der Waals surface area contributed by atoms with Gasteiger partial charge in [-0.3, -0.25) is 19.6 Å². The van der Waals surface area contributed by atoms with Crippen LogP contribution in [0.1, 0.15) is 26.4 Å². The third-order valence-corrected chi connectivity index (χ3v) is 7.27. The summed E-state index contributed by atoms with van der Waals surface area (Å²) in [6.07, 6.45) is 3.09. The van der Waals surface area contributed by atoms with Gasteiger partial charge in [0.25, 0.3) is 11.8 Å². The van der Waals surface area contributed by atoms with Crippen LogP contribution in [0.3, 0.4) is 0 Å². The molecule has 0 atom stereocenters. The van der Waals surface area contributed by atoms with E-state index in [4.69, 9.17) is 19.9 Å². The normalized spacial score (nSPS) is 10.8. The van der Waals surface area contributed by atoms with Crippen molar-refractivity contribution in [3.05, 3.63) is 120 Å². The number of para-hydroxylation sites is 2. The number of fused-ring (bicyclic) bond motifs is 2. The highest BCUT2D eigenvalue weighted by Gasteiger charge is 2.19. The highest BCUT2D eigenvalue weighted by atomic mass is 16.5. The summed E-state index contributed by atoms with van der Waals surface area (Å²) >= 11 is 0. The number of nitrogens with two attached hydrogens (primary N) is 1. The average Bonchev–Trinajstić information content (AvgIpc) is 3.07. The van der Waals surface area contributed by atoms with Gasteiger partial charge in [-0.1, -0.05) is 42.5 Å². The minimum Gasteiger partial charge on any atom is -0.493 e. The number of methoxy groups -OCH3 is 2. The molecule has 0 aliphatic carbocycles. The number of carbonyl (C=O) groups excluding carboxylic acids is 2. The molecule has 4 N–H and O–H groups in total. The van der Waals surface area contributed by atoms with Gasteiger partial charge >= 0.3 is 0 Å². The number of aromatic nitrogens is 2. The van der Waals surface area contributed by atoms with Gasteiger partial charge in [-0.05, 0) is 53.2 Å². The molecule has 10 heteroatoms. The summed E-state index contributed by atoms with van der Waals surface area (Å²) in [6, 6.07) is 26.9. The minimum atomic E-state index is -0.345. The number of hydrogen-bond donors (Lipinski definition) is 3. The molecule has 0 saturated heterocycles. The first-order valence-electron chi connectivity index (χ1n) is 14.0. The lowest BCUT2D eigenvalue weighted by Crippen LogP contribution is -2.24. The van der Waals surface area contributed by atoms with E-state index in [0.29, 0.717) is 62.1 Å². The molecule has 0 fully saturated rings. The molecule has 45 heavy (non-hydrogen) atoms. The zero-order valence-electron chi connectivity index (χ0n) is 24.5. The Morgan fingerprint density at radius 1 is 0.756 bits per heavy atom. The number of hydrogen-bond acceptors (Lipinski definition) is 8. The maximum Gasteiger partial charge on any atom is 0.257 e. The van der Waals surface area contributed by atoms with E-state index in [1.54, 1.807) is 81.1 Å². The Balaban J connectivity index is 1.25. The van der Waals surface area contributed by atoms with Crippen LogP contribution in [-0.4, -0.2) is 36.0 Å². The van der Waals surface area contributed by atoms with Crippen LogP contribution in [0.5, 0.6) is 23.0 Å². The molecule has 2 heterocycles. The summed E-state index contributed by atoms with van der Waals surface area (Å²) in [7, 11) is 3.12. The molecule has 0 aliphatic rings. The summed E-state index contributed by atoms with van der Waals surface area (Å²) in [5, 5.41) is 8.03. The first-order chi connectivity index (χ1) is 21.9. The molecule has 0 saturated carbocycles. The van der Waals surface area contributed by atoms with E-state index in [0.717, 1.165) is 10.8 Å². The number of rotatable bonds is 9. The van der Waals surface area contributed by atoms with Gasteiger partial charge < -0.3 is 30.6 Å². The second kappa shape index (κ2) is 12.6. The minimum absolute atomic E-state index is 0.129. The molecule has 224 valence electrons. The van der Waals surface area contributed by atoms with Gasteiger partial charge in [0.05, 0.1) is 54.5 Å². The number of benzene rings is 4. The first-order valence-corrected chi connectivity index (χ1v) is 14.0. The van der Waals surface area contributed by atoms with E-state index in [1.165, 1.54) is 6.20 Å². The number of nitrogen functional groups attached to an aromatic ring is 1. The molecule has 0 radical (unpaired) electrons. The fraction of sp³-hybridized carbons (Fsp3) is 0.0857. The quantitative estimate of drug-likeness (QED) is 0.163. The van der Waals surface area contributed by atoms with Crippen molar-refractivity contribution in [2.45, 2.75) is 6.54 Å². The highest BCUT2D eigenvalue weighted by Crippen LogP contribution is 2.38. The van der Waals surface area contributed by atoms with E-state index in [9.17, 15) is 9.59 Å². The Kier molecular flexibility index (Phi) is 8.10. The molecule has 0 unspecified atom stereocenters. The molecule has 0 bridgehead atoms. The highest BCUT2D eigenvalue weighted by molar-refractivity contribution is 6.10. The molecule has 6 rings (SSSR count). The Hall–Kier alpha value is -6.16. The van der Waals surface area contributed by atoms with Crippen LogP contribution < -0.4 is 30.6 Å². The standard InChI is InChI=1S/C35H29N5O5/c1-43-31-17-25-28(18-32(31)44-2)37-16-15-29(25)45-30-14-12-21-7-3-4-8-24(21)33(30)35(42)39-20-23-13-11-22(19-38-23)34(41)40-27-10-6-5-9-26(27)36/h3-19H,20,36H2,1-2H3,(H,39,42)(H,40,41). The predicted octanol–water partition coefficient (Wildman–Crippen LogP) is 6.36. The van der Waals surface area contributed by atoms with Gasteiger partial charge in [0.2, 0.25) is 0 Å². The van der Waals surface area contributed by atoms with Gasteiger partial charge in [0, 0.05) is 23.8 Å². The molecule has 0 aliphatic heterocycles. The SMILES string of the molecule is COc1cc2nccc(Oc3ccc4ccccc4c3C(=O)NCc3ccc(C(=O)Nc4ccccc4N)cn3)c2cc1OC. The summed E-state index contributed by atoms with van der Waals surface area (Å²) < 4.78 is 17.3. The molecular weight excluding hydrogens is 570 g/mol. The van der Waals surface area contributed by atoms with Crippen LogP contribution >= 0.6 is 0 Å². The van der Waals surface area contributed by atoms with Gasteiger partial charge in [-0.25, -0.2) is 0 Å². The van der Waals surface area contributed by atoms with Crippen LogP contribution in [0.15, 0.2) is 103 Å². The van der Waals surface area contributed by atoms with Crippen LogP contribution in [0, 0.1) is 0 Å². The van der Waals surface area contributed by atoms with Crippen LogP contribution in [0.2, 0.25) is 0 Å². The number of amides is 2. The monoisotopic (exact) mass is 599 g/mol. The van der Waals surface area contributed by atoms with Crippen molar-refractivity contribution in [2.75, 3.05) is 25.3 Å². The van der Waals surface area contributed by atoms with Crippen molar-refractivity contribution >= 4 is 44.9 Å². The van der Waals surface area contributed by atoms with Gasteiger partial charge in [-0.2, -0.15) is 0 Å². The maximum absolute atomic E-state index is 13.8. The zero-order valence-corrected chi connectivity index (χ0v) is 24.5. The second-order valence-electron chi connectivity index (χ2n) is 10.1. The van der Waals surface area contributed by atoms with Crippen LogP contribution in [-0.2, 0) is 6.54 Å². The summed E-state index contributed by atoms with van der Waals surface area (Å²) in [6.45, 7) is 0.129. The Morgan fingerprint density at radius 3 is 2.31 bits per heavy atom. The molecule has 4 aromatic carbocycles. The van der Waals surface area contributed by atoms with Gasteiger partial charge in [0.1, 0.15) is 11.5 Å². The number of pyridine rings is 2. The third kappa shape index (κ3) is 6.02. The van der Waals surface area contributed by atoms with E-state index >= 15 is 0 Å². The van der Waals surface area contributed by atoms with Crippen molar-refractivity contribution in [2.24, 2.45) is 0 Å². The Bertz CT molecular complexity index is 2050. The lowest BCUT2D eigenvalue weighted by Gasteiger charge is -2.16. The molecule has 2 aromatic heterocycles. The lowest BCUT2D eigenvalue weighted by atomic mass is 10.0. The van der Waals surface area contributed by atoms with Crippen molar-refractivity contribution in [1.29, 1.82) is 0 Å². The fourth-order valence-corrected chi connectivity index (χ4v) is 4.95. The van der Waals surface area contributed by atoms with E-state index < -0.39 is 0 Å². The molecule has 2 amide bonds. The van der Waals surface area contributed by atoms with Crippen LogP contribution in [0.25, 0.3) is 21.7 Å². The van der Waals surface area contributed by atoms with Gasteiger partial charge in [0.15, 0.2) is 11.5 Å². The van der Waals surface area contributed by atoms with E-state index in [1.807, 2.05) is 30.3 Å². The number of ether oxygens (including phenoxy) is 3. The molecular formula is C35H29N5O5. The smallest absolute Gasteiger partial charge is 0.257 e. The lowest BCUT2D eigenvalue weighted by molar-refractivity contribution is 0.0948. The zero-order chi connectivity index (χ0) is 31.3. The van der Waals surface area contributed by atoms with Gasteiger partial charge in [-0.15, -0.1) is 0 Å². The van der Waals surface area contributed by atoms with Crippen molar-refractivity contribution in [1.82, 2.24) is 15.3 Å². The summed E-state index contributed by atoms with van der Waals surface area (Å²) in [5.74, 6) is 1.26. The second-order valence-corrected chi connectivity index (χ2v) is 10.1. The van der Waals surface area contributed by atoms with E-state index in [2.05, 4.69) is 20.6 Å². The summed E-state index contributed by atoms with van der Waals surface area (Å²) in [4.78, 5) is 35.3. The third-order valence-electron chi connectivity index (χ3n) is 7.27. The molecule has 10 nitrogen and oxygen atoms in total. The largest absolute Gasteiger partial charge is 0.493 e. The number of nitrogens with one attached hydrogen (secondary N) is 2.